The van der Waals surface area contributed by atoms with Crippen LogP contribution in [0.25, 0.3) is 0 Å². The maximum Gasteiger partial charge on any atom is 0.226 e. The van der Waals surface area contributed by atoms with Crippen molar-refractivity contribution < 1.29 is 9.53 Å². The van der Waals surface area contributed by atoms with Crippen molar-refractivity contribution in [3.05, 3.63) is 22.9 Å². The monoisotopic (exact) mass is 438 g/mol. The van der Waals surface area contributed by atoms with E-state index in [1.165, 1.54) is 44.9 Å². The quantitative estimate of drug-likeness (QED) is 0.529. The summed E-state index contributed by atoms with van der Waals surface area (Å²) in [5.74, 6) is 3.11. The molecule has 3 heterocycles. The van der Waals surface area contributed by atoms with Crippen LogP contribution < -0.4 is 5.32 Å². The second kappa shape index (κ2) is 7.43. The Morgan fingerprint density at radius 3 is 2.84 bits per heavy atom. The van der Waals surface area contributed by atoms with Crippen molar-refractivity contribution >= 4 is 5.91 Å². The van der Waals surface area contributed by atoms with E-state index in [-0.39, 0.29) is 16.9 Å². The van der Waals surface area contributed by atoms with Crippen LogP contribution in [0.3, 0.4) is 0 Å². The van der Waals surface area contributed by atoms with Gasteiger partial charge < -0.3 is 15.0 Å². The number of rotatable bonds is 0. The van der Waals surface area contributed by atoms with Gasteiger partial charge in [-0.2, -0.15) is 0 Å². The molecule has 6 aliphatic rings. The van der Waals surface area contributed by atoms with Crippen LogP contribution in [0.1, 0.15) is 85.0 Å². The summed E-state index contributed by atoms with van der Waals surface area (Å²) >= 11 is 0. The standard InChI is InChI=1S/C28H42N2O2/c1-17-15-28(18(2)26-24(32-28)6-5-13-29-26)12-9-20-21-8-7-19-16-30(4)25(31)10-11-27(19,3)23(21)14-22(17)20/h16,18,20-21,23-24,26,29H,5-15H2,1-4H3. The predicted octanol–water partition coefficient (Wildman–Crippen LogP) is 5.20. The zero-order valence-corrected chi connectivity index (χ0v) is 20.6. The Morgan fingerprint density at radius 1 is 1.19 bits per heavy atom. The van der Waals surface area contributed by atoms with Crippen molar-refractivity contribution in [2.45, 2.75) is 103 Å². The maximum atomic E-state index is 12.5. The van der Waals surface area contributed by atoms with E-state index in [0.29, 0.717) is 30.4 Å². The topological polar surface area (TPSA) is 41.6 Å². The Balaban J connectivity index is 1.31. The van der Waals surface area contributed by atoms with Crippen LogP contribution in [0, 0.1) is 29.1 Å². The van der Waals surface area contributed by atoms with E-state index in [9.17, 15) is 4.79 Å². The third-order valence-corrected chi connectivity index (χ3v) is 11.0. The molecule has 2 saturated carbocycles. The minimum absolute atomic E-state index is 0.0463. The average molecular weight is 439 g/mol. The van der Waals surface area contributed by atoms with E-state index >= 15 is 0 Å². The van der Waals surface area contributed by atoms with Gasteiger partial charge in [0, 0.05) is 31.6 Å². The fourth-order valence-electron chi connectivity index (χ4n) is 9.10. The van der Waals surface area contributed by atoms with E-state index in [1.807, 2.05) is 11.9 Å². The Hall–Kier alpha value is -1.13. The van der Waals surface area contributed by atoms with Gasteiger partial charge in [-0.05, 0) is 100.0 Å². The van der Waals surface area contributed by atoms with Crippen molar-refractivity contribution in [2.24, 2.45) is 29.1 Å². The molecular weight excluding hydrogens is 396 g/mol. The number of piperidine rings is 1. The number of carbonyl (C=O) groups excluding carboxylic acids is 1. The third kappa shape index (κ3) is 2.97. The molecule has 0 aromatic carbocycles. The van der Waals surface area contributed by atoms with E-state index < -0.39 is 0 Å². The highest BCUT2D eigenvalue weighted by Crippen LogP contribution is 2.63. The molecule has 1 spiro atoms. The molecule has 0 aromatic heterocycles. The van der Waals surface area contributed by atoms with E-state index in [4.69, 9.17) is 4.74 Å². The zero-order valence-electron chi connectivity index (χ0n) is 20.6. The molecule has 3 aliphatic carbocycles. The molecule has 1 amide bonds. The average Bonchev–Trinajstić information content (AvgIpc) is 3.20. The number of allylic oxidation sites excluding steroid dienone is 2. The van der Waals surface area contributed by atoms with Gasteiger partial charge in [0.2, 0.25) is 5.91 Å². The largest absolute Gasteiger partial charge is 0.369 e. The molecule has 0 aromatic rings. The summed E-state index contributed by atoms with van der Waals surface area (Å²) in [6, 6.07) is 0.550. The molecule has 8 unspecified atom stereocenters. The molecule has 32 heavy (non-hydrogen) atoms. The van der Waals surface area contributed by atoms with Crippen molar-refractivity contribution in [3.63, 3.8) is 0 Å². The van der Waals surface area contributed by atoms with Crippen LogP contribution in [0.2, 0.25) is 0 Å². The Morgan fingerprint density at radius 2 is 2.03 bits per heavy atom. The van der Waals surface area contributed by atoms with E-state index in [0.717, 1.165) is 31.2 Å². The molecule has 3 aliphatic heterocycles. The van der Waals surface area contributed by atoms with Crippen LogP contribution in [-0.4, -0.2) is 42.1 Å². The smallest absolute Gasteiger partial charge is 0.226 e. The van der Waals surface area contributed by atoms with Gasteiger partial charge in [-0.25, -0.2) is 0 Å². The lowest BCUT2D eigenvalue weighted by atomic mass is 9.58. The van der Waals surface area contributed by atoms with Crippen LogP contribution in [0.15, 0.2) is 22.9 Å². The van der Waals surface area contributed by atoms with Crippen LogP contribution >= 0.6 is 0 Å². The van der Waals surface area contributed by atoms with Gasteiger partial charge in [0.1, 0.15) is 0 Å². The lowest BCUT2D eigenvalue weighted by Crippen LogP contribution is -2.46. The van der Waals surface area contributed by atoms with Gasteiger partial charge in [0.05, 0.1) is 11.7 Å². The molecule has 176 valence electrons. The van der Waals surface area contributed by atoms with Gasteiger partial charge in [-0.1, -0.05) is 25.0 Å². The first kappa shape index (κ1) is 21.4. The van der Waals surface area contributed by atoms with Crippen molar-refractivity contribution in [1.29, 1.82) is 0 Å². The Labute approximate surface area is 194 Å². The summed E-state index contributed by atoms with van der Waals surface area (Å²) in [5, 5.41) is 3.80. The third-order valence-electron chi connectivity index (χ3n) is 11.0. The Bertz CT molecular complexity index is 877. The fraction of sp³-hybridized carbons (Fsp3) is 0.821. The van der Waals surface area contributed by atoms with Crippen molar-refractivity contribution in [1.82, 2.24) is 10.2 Å². The van der Waals surface area contributed by atoms with Crippen LogP contribution in [0.5, 0.6) is 0 Å². The summed E-state index contributed by atoms with van der Waals surface area (Å²) in [4.78, 5) is 14.3. The zero-order chi connectivity index (χ0) is 22.3. The molecular formula is C28H42N2O2. The highest BCUT2D eigenvalue weighted by atomic mass is 16.5. The van der Waals surface area contributed by atoms with Gasteiger partial charge in [0.25, 0.3) is 0 Å². The van der Waals surface area contributed by atoms with Crippen LogP contribution in [-0.2, 0) is 9.53 Å². The molecule has 0 radical (unpaired) electrons. The van der Waals surface area contributed by atoms with Crippen molar-refractivity contribution in [2.75, 3.05) is 13.6 Å². The number of hydrogen-bond donors (Lipinski definition) is 1. The molecule has 6 rings (SSSR count). The van der Waals surface area contributed by atoms with Crippen molar-refractivity contribution in [3.8, 4) is 0 Å². The summed E-state index contributed by atoms with van der Waals surface area (Å²) < 4.78 is 6.95. The summed E-state index contributed by atoms with van der Waals surface area (Å²) in [6.45, 7) is 8.54. The number of fused-ring (bicyclic) bond motifs is 6. The first-order valence-electron chi connectivity index (χ1n) is 13.4. The number of amides is 1. The minimum atomic E-state index is 0.0463. The number of ether oxygens (including phenoxy) is 1. The summed E-state index contributed by atoms with van der Waals surface area (Å²) in [6.07, 6.45) is 14.2. The molecule has 2 saturated heterocycles. The molecule has 1 N–H and O–H groups in total. The number of nitrogens with zero attached hydrogens (tertiary/aromatic N) is 1. The predicted molar refractivity (Wildman–Crippen MR) is 127 cm³/mol. The highest BCUT2D eigenvalue weighted by molar-refractivity contribution is 5.77. The second-order valence-corrected chi connectivity index (χ2v) is 12.3. The van der Waals surface area contributed by atoms with Gasteiger partial charge in [0.15, 0.2) is 0 Å². The van der Waals surface area contributed by atoms with Gasteiger partial charge >= 0.3 is 0 Å². The lowest BCUT2D eigenvalue weighted by molar-refractivity contribution is -0.127. The first-order valence-corrected chi connectivity index (χ1v) is 13.4. The van der Waals surface area contributed by atoms with E-state index in [1.54, 1.807) is 16.7 Å². The van der Waals surface area contributed by atoms with Gasteiger partial charge in [-0.15, -0.1) is 0 Å². The minimum Gasteiger partial charge on any atom is -0.369 e. The molecule has 8 atom stereocenters. The Kier molecular flexibility index (Phi) is 4.97. The second-order valence-electron chi connectivity index (χ2n) is 12.3. The molecule has 4 fully saturated rings. The highest BCUT2D eigenvalue weighted by Gasteiger charge is 2.57. The normalized spacial score (nSPS) is 48.6. The van der Waals surface area contributed by atoms with Gasteiger partial charge in [-0.3, -0.25) is 4.79 Å². The summed E-state index contributed by atoms with van der Waals surface area (Å²) in [7, 11) is 1.95. The molecule has 0 bridgehead atoms. The molecule has 4 heteroatoms. The number of nitrogens with one attached hydrogen (secondary N) is 1. The summed E-state index contributed by atoms with van der Waals surface area (Å²) in [5.41, 5.74) is 5.20. The van der Waals surface area contributed by atoms with Crippen LogP contribution in [0.4, 0.5) is 0 Å². The van der Waals surface area contributed by atoms with E-state index in [2.05, 4.69) is 32.3 Å². The maximum absolute atomic E-state index is 12.5. The number of hydrogen-bond acceptors (Lipinski definition) is 3. The lowest BCUT2D eigenvalue weighted by Gasteiger charge is -2.46. The number of carbonyl (C=O) groups is 1. The first-order chi connectivity index (χ1) is 15.3. The molecule has 4 nitrogen and oxygen atoms in total. The SMILES string of the molecule is CC1=C2CC3C(CCC4=CN(C)C(=O)CCC43C)C2CCC2(C1)OC1CCCNC1C2C. The fourth-order valence-corrected chi connectivity index (χ4v) is 9.10.